The first-order chi connectivity index (χ1) is 10.7. The number of benzene rings is 1. The third-order valence-corrected chi connectivity index (χ3v) is 3.19. The zero-order valence-corrected chi connectivity index (χ0v) is 11.7. The summed E-state index contributed by atoms with van der Waals surface area (Å²) in [5.41, 5.74) is 1.99. The van der Waals surface area contributed by atoms with Gasteiger partial charge in [-0.1, -0.05) is 18.2 Å². The van der Waals surface area contributed by atoms with E-state index in [4.69, 9.17) is 0 Å². The molecule has 2 aromatic heterocycles. The highest BCUT2D eigenvalue weighted by Crippen LogP contribution is 2.17. The van der Waals surface area contributed by atoms with Gasteiger partial charge in [0.15, 0.2) is 0 Å². The van der Waals surface area contributed by atoms with E-state index in [0.717, 1.165) is 10.9 Å². The molecule has 0 aliphatic carbocycles. The fraction of sp³-hybridized carbons (Fsp3) is 0.0625. The maximum Gasteiger partial charge on any atom is 0.253 e. The van der Waals surface area contributed by atoms with Crippen LogP contribution in [0.2, 0.25) is 0 Å². The average Bonchev–Trinajstić information content (AvgIpc) is 2.98. The van der Waals surface area contributed by atoms with Crippen LogP contribution in [0.5, 0.6) is 0 Å². The van der Waals surface area contributed by atoms with Gasteiger partial charge in [0.2, 0.25) is 5.91 Å². The molecule has 0 aliphatic rings. The number of H-pyrrole nitrogens is 1. The highest BCUT2D eigenvalue weighted by molar-refractivity contribution is 6.08. The van der Waals surface area contributed by atoms with E-state index in [2.05, 4.69) is 20.6 Å². The van der Waals surface area contributed by atoms with Gasteiger partial charge < -0.3 is 15.6 Å². The van der Waals surface area contributed by atoms with Crippen molar-refractivity contribution in [3.05, 3.63) is 60.6 Å². The third-order valence-electron chi connectivity index (χ3n) is 3.19. The zero-order chi connectivity index (χ0) is 15.4. The highest BCUT2D eigenvalue weighted by Gasteiger charge is 2.12. The Hall–Kier alpha value is -3.15. The minimum absolute atomic E-state index is 0.104. The minimum Gasteiger partial charge on any atom is -0.360 e. The van der Waals surface area contributed by atoms with Crippen molar-refractivity contribution in [1.29, 1.82) is 0 Å². The molecule has 0 saturated carbocycles. The number of para-hydroxylation sites is 1. The quantitative estimate of drug-likeness (QED) is 0.687. The van der Waals surface area contributed by atoms with E-state index in [-0.39, 0.29) is 18.4 Å². The Morgan fingerprint density at radius 2 is 2.00 bits per heavy atom. The Kier molecular flexibility index (Phi) is 3.82. The lowest BCUT2D eigenvalue weighted by atomic mass is 10.1. The number of carbonyl (C=O) groups excluding carboxylic acids is 2. The number of nitrogens with one attached hydrogen (secondary N) is 3. The summed E-state index contributed by atoms with van der Waals surface area (Å²) in [6.07, 6.45) is 4.80. The number of aromatic amines is 1. The van der Waals surface area contributed by atoms with Crippen LogP contribution in [0.15, 0.2) is 55.0 Å². The molecule has 0 radical (unpaired) electrons. The van der Waals surface area contributed by atoms with Crippen molar-refractivity contribution in [1.82, 2.24) is 15.3 Å². The van der Waals surface area contributed by atoms with Crippen LogP contribution in [0.25, 0.3) is 10.9 Å². The molecule has 1 aromatic carbocycles. The Morgan fingerprint density at radius 3 is 2.82 bits per heavy atom. The Bertz CT molecular complexity index is 811. The van der Waals surface area contributed by atoms with Crippen LogP contribution in [-0.4, -0.2) is 28.3 Å². The summed E-state index contributed by atoms with van der Waals surface area (Å²) < 4.78 is 0. The molecule has 0 unspecified atom stereocenters. The Balaban J connectivity index is 1.61. The summed E-state index contributed by atoms with van der Waals surface area (Å²) in [4.78, 5) is 30.9. The van der Waals surface area contributed by atoms with Crippen LogP contribution in [0.1, 0.15) is 10.4 Å². The second kappa shape index (κ2) is 6.09. The summed E-state index contributed by atoms with van der Waals surface area (Å²) in [6, 6.07) is 11.0. The Morgan fingerprint density at radius 1 is 1.14 bits per heavy atom. The molecule has 0 spiro atoms. The van der Waals surface area contributed by atoms with Gasteiger partial charge in [0.05, 0.1) is 24.0 Å². The van der Waals surface area contributed by atoms with E-state index in [1.54, 1.807) is 30.7 Å². The lowest BCUT2D eigenvalue weighted by Gasteiger charge is -2.06. The maximum absolute atomic E-state index is 12.2. The van der Waals surface area contributed by atoms with Gasteiger partial charge in [-0.05, 0) is 18.2 Å². The average molecular weight is 294 g/mol. The molecule has 0 atom stereocenters. The van der Waals surface area contributed by atoms with Crippen molar-refractivity contribution in [3.63, 3.8) is 0 Å². The van der Waals surface area contributed by atoms with Crippen molar-refractivity contribution >= 4 is 28.4 Å². The number of fused-ring (bicyclic) bond motifs is 1. The lowest BCUT2D eigenvalue weighted by Crippen LogP contribution is -2.32. The summed E-state index contributed by atoms with van der Waals surface area (Å²) in [5, 5.41) is 6.09. The molecule has 6 heteroatoms. The molecule has 0 saturated heterocycles. The maximum atomic E-state index is 12.2. The first-order valence-corrected chi connectivity index (χ1v) is 6.78. The van der Waals surface area contributed by atoms with Gasteiger partial charge in [-0.3, -0.25) is 14.6 Å². The molecule has 110 valence electrons. The number of hydrogen-bond donors (Lipinski definition) is 3. The minimum atomic E-state index is -0.304. The van der Waals surface area contributed by atoms with Gasteiger partial charge >= 0.3 is 0 Å². The molecule has 3 aromatic rings. The summed E-state index contributed by atoms with van der Waals surface area (Å²) in [7, 11) is 0. The smallest absolute Gasteiger partial charge is 0.253 e. The molecule has 0 aliphatic heterocycles. The fourth-order valence-corrected chi connectivity index (χ4v) is 2.16. The number of anilines is 1. The molecular weight excluding hydrogens is 280 g/mol. The number of rotatable bonds is 4. The molecule has 22 heavy (non-hydrogen) atoms. The van der Waals surface area contributed by atoms with Gasteiger partial charge in [-0.2, -0.15) is 0 Å². The van der Waals surface area contributed by atoms with Crippen molar-refractivity contribution in [3.8, 4) is 0 Å². The van der Waals surface area contributed by atoms with Gasteiger partial charge in [-0.25, -0.2) is 0 Å². The molecule has 3 N–H and O–H groups in total. The number of hydrogen-bond acceptors (Lipinski definition) is 3. The van der Waals surface area contributed by atoms with Crippen molar-refractivity contribution in [2.24, 2.45) is 0 Å². The lowest BCUT2D eigenvalue weighted by molar-refractivity contribution is -0.115. The number of pyridine rings is 1. The van der Waals surface area contributed by atoms with Crippen LogP contribution in [0, 0.1) is 0 Å². The van der Waals surface area contributed by atoms with Gasteiger partial charge in [0.1, 0.15) is 0 Å². The predicted octanol–water partition coefficient (Wildman–Crippen LogP) is 1.93. The largest absolute Gasteiger partial charge is 0.360 e. The van der Waals surface area contributed by atoms with Crippen LogP contribution >= 0.6 is 0 Å². The SMILES string of the molecule is O=C(CNC(=O)c1c[nH]c2ccccc12)Nc1cccnc1. The number of amides is 2. The molecule has 2 amide bonds. The monoisotopic (exact) mass is 294 g/mol. The summed E-state index contributed by atoms with van der Waals surface area (Å²) in [5.74, 6) is -0.597. The predicted molar refractivity (Wildman–Crippen MR) is 83.5 cm³/mol. The normalized spacial score (nSPS) is 10.4. The van der Waals surface area contributed by atoms with Gasteiger partial charge in [0.25, 0.3) is 5.91 Å². The second-order valence-corrected chi connectivity index (χ2v) is 4.72. The molecule has 0 bridgehead atoms. The van der Waals surface area contributed by atoms with E-state index >= 15 is 0 Å². The number of carbonyl (C=O) groups is 2. The first kappa shape index (κ1) is 13.8. The second-order valence-electron chi connectivity index (χ2n) is 4.72. The summed E-state index contributed by atoms with van der Waals surface area (Å²) >= 11 is 0. The Labute approximate surface area is 126 Å². The topological polar surface area (TPSA) is 86.9 Å². The standard InChI is InChI=1S/C16H14N4O2/c21-15(20-11-4-3-7-17-8-11)10-19-16(22)13-9-18-14-6-2-1-5-12(13)14/h1-9,18H,10H2,(H,19,22)(H,20,21). The van der Waals surface area contributed by atoms with E-state index in [1.165, 1.54) is 0 Å². The van der Waals surface area contributed by atoms with Gasteiger partial charge in [-0.15, -0.1) is 0 Å². The third kappa shape index (κ3) is 2.95. The molecule has 0 fully saturated rings. The molecule has 3 rings (SSSR count). The van der Waals surface area contributed by atoms with E-state index < -0.39 is 0 Å². The van der Waals surface area contributed by atoms with Crippen LogP contribution < -0.4 is 10.6 Å². The van der Waals surface area contributed by atoms with Crippen molar-refractivity contribution < 1.29 is 9.59 Å². The van der Waals surface area contributed by atoms with Crippen molar-refractivity contribution in [2.45, 2.75) is 0 Å². The molecule has 6 nitrogen and oxygen atoms in total. The van der Waals surface area contributed by atoms with Gasteiger partial charge in [0, 0.05) is 23.3 Å². The van der Waals surface area contributed by atoms with E-state index in [9.17, 15) is 9.59 Å². The van der Waals surface area contributed by atoms with Crippen LogP contribution in [-0.2, 0) is 4.79 Å². The molecular formula is C16H14N4O2. The van der Waals surface area contributed by atoms with Crippen LogP contribution in [0.3, 0.4) is 0 Å². The van der Waals surface area contributed by atoms with E-state index in [0.29, 0.717) is 11.3 Å². The zero-order valence-electron chi connectivity index (χ0n) is 11.7. The van der Waals surface area contributed by atoms with Crippen molar-refractivity contribution in [2.75, 3.05) is 11.9 Å². The number of nitrogens with zero attached hydrogens (tertiary/aromatic N) is 1. The first-order valence-electron chi connectivity index (χ1n) is 6.78. The molecule has 2 heterocycles. The number of aromatic nitrogens is 2. The van der Waals surface area contributed by atoms with Crippen LogP contribution in [0.4, 0.5) is 5.69 Å². The highest BCUT2D eigenvalue weighted by atomic mass is 16.2. The fourth-order valence-electron chi connectivity index (χ4n) is 2.16. The summed E-state index contributed by atoms with van der Waals surface area (Å²) in [6.45, 7) is -0.104. The van der Waals surface area contributed by atoms with E-state index in [1.807, 2.05) is 24.3 Å².